The van der Waals surface area contributed by atoms with Crippen molar-refractivity contribution in [3.63, 3.8) is 0 Å². The Hall–Kier alpha value is -3.48. The molecule has 0 aliphatic heterocycles. The molecule has 0 atom stereocenters. The predicted molar refractivity (Wildman–Crippen MR) is 130 cm³/mol. The number of pyridine rings is 4. The Morgan fingerprint density at radius 1 is 0.515 bits per heavy atom. The van der Waals surface area contributed by atoms with Crippen LogP contribution in [0.25, 0.3) is 0 Å². The summed E-state index contributed by atoms with van der Waals surface area (Å²) in [4.78, 5) is 23.2. The van der Waals surface area contributed by atoms with Gasteiger partial charge in [-0.2, -0.15) is 0 Å². The SMILES string of the molecule is Cc1cccc(CN(CCN(Cc2ccccn2)Cc2ccccn2)Cc2ccccn2)n1. The zero-order chi connectivity index (χ0) is 22.7. The van der Waals surface area contributed by atoms with Gasteiger partial charge in [0, 0.05) is 63.6 Å². The van der Waals surface area contributed by atoms with Crippen LogP contribution in [0.2, 0.25) is 0 Å². The average molecular weight is 439 g/mol. The third kappa shape index (κ3) is 7.56. The number of hydrogen-bond donors (Lipinski definition) is 0. The van der Waals surface area contributed by atoms with Crippen LogP contribution in [-0.4, -0.2) is 42.8 Å². The second-order valence-electron chi connectivity index (χ2n) is 8.15. The van der Waals surface area contributed by atoms with Crippen LogP contribution in [-0.2, 0) is 26.2 Å². The van der Waals surface area contributed by atoms with Gasteiger partial charge in [0.25, 0.3) is 0 Å². The molecule has 4 heterocycles. The number of aryl methyl sites for hydroxylation is 1. The van der Waals surface area contributed by atoms with E-state index in [9.17, 15) is 0 Å². The van der Waals surface area contributed by atoms with Crippen molar-refractivity contribution in [2.24, 2.45) is 0 Å². The first-order valence-electron chi connectivity index (χ1n) is 11.3. The molecule has 0 aromatic carbocycles. The van der Waals surface area contributed by atoms with Crippen molar-refractivity contribution in [1.29, 1.82) is 0 Å². The number of hydrogen-bond acceptors (Lipinski definition) is 6. The molecule has 168 valence electrons. The molecule has 4 aromatic heterocycles. The van der Waals surface area contributed by atoms with Crippen molar-refractivity contribution >= 4 is 0 Å². The Morgan fingerprint density at radius 3 is 1.33 bits per heavy atom. The Kier molecular flexibility index (Phi) is 8.22. The van der Waals surface area contributed by atoms with Crippen molar-refractivity contribution in [2.45, 2.75) is 33.1 Å². The minimum Gasteiger partial charge on any atom is -0.290 e. The van der Waals surface area contributed by atoms with Gasteiger partial charge in [-0.15, -0.1) is 0 Å². The van der Waals surface area contributed by atoms with Gasteiger partial charge in [-0.1, -0.05) is 24.3 Å². The van der Waals surface area contributed by atoms with E-state index in [2.05, 4.69) is 55.1 Å². The third-order valence-corrected chi connectivity index (χ3v) is 5.40. The molecule has 0 radical (unpaired) electrons. The molecule has 4 aromatic rings. The highest BCUT2D eigenvalue weighted by molar-refractivity contribution is 5.11. The molecular weight excluding hydrogens is 408 g/mol. The van der Waals surface area contributed by atoms with Crippen LogP contribution < -0.4 is 0 Å². The fourth-order valence-electron chi connectivity index (χ4n) is 3.79. The standard InChI is InChI=1S/C27H30N6/c1-23-9-8-13-27(31-23)22-33(21-26-12-4-7-16-30-26)18-17-32(19-24-10-2-5-14-28-24)20-25-11-3-6-15-29-25/h2-16H,17-22H2,1H3. The van der Waals surface area contributed by atoms with Gasteiger partial charge in [0.15, 0.2) is 0 Å². The first-order valence-corrected chi connectivity index (χ1v) is 11.3. The quantitative estimate of drug-likeness (QED) is 0.348. The van der Waals surface area contributed by atoms with Crippen molar-refractivity contribution in [2.75, 3.05) is 13.1 Å². The molecule has 4 rings (SSSR count). The normalized spacial score (nSPS) is 11.2. The number of nitrogens with zero attached hydrogens (tertiary/aromatic N) is 6. The van der Waals surface area contributed by atoms with E-state index in [4.69, 9.17) is 4.98 Å². The summed E-state index contributed by atoms with van der Waals surface area (Å²) in [6, 6.07) is 24.4. The van der Waals surface area contributed by atoms with Crippen molar-refractivity contribution in [3.05, 3.63) is 120 Å². The molecule has 0 aliphatic carbocycles. The van der Waals surface area contributed by atoms with E-state index in [1.54, 1.807) is 0 Å². The summed E-state index contributed by atoms with van der Waals surface area (Å²) < 4.78 is 0. The molecule has 0 spiro atoms. The largest absolute Gasteiger partial charge is 0.290 e. The van der Waals surface area contributed by atoms with E-state index < -0.39 is 0 Å². The second kappa shape index (κ2) is 11.9. The van der Waals surface area contributed by atoms with Gasteiger partial charge in [0.05, 0.1) is 22.8 Å². The first kappa shape index (κ1) is 22.7. The van der Waals surface area contributed by atoms with Crippen LogP contribution >= 0.6 is 0 Å². The molecule has 0 aliphatic rings. The van der Waals surface area contributed by atoms with Crippen molar-refractivity contribution < 1.29 is 0 Å². The molecule has 6 nitrogen and oxygen atoms in total. The Morgan fingerprint density at radius 2 is 0.939 bits per heavy atom. The maximum Gasteiger partial charge on any atom is 0.0547 e. The topological polar surface area (TPSA) is 58.0 Å². The van der Waals surface area contributed by atoms with E-state index in [0.29, 0.717) is 0 Å². The summed E-state index contributed by atoms with van der Waals surface area (Å²) in [7, 11) is 0. The molecule has 0 saturated heterocycles. The first-order chi connectivity index (χ1) is 16.2. The van der Waals surface area contributed by atoms with Crippen LogP contribution in [0, 0.1) is 6.92 Å². The smallest absolute Gasteiger partial charge is 0.0547 e. The van der Waals surface area contributed by atoms with Gasteiger partial charge in [-0.3, -0.25) is 29.7 Å². The van der Waals surface area contributed by atoms with E-state index in [1.165, 1.54) is 0 Å². The number of rotatable bonds is 11. The second-order valence-corrected chi connectivity index (χ2v) is 8.15. The molecular formula is C27H30N6. The highest BCUT2D eigenvalue weighted by Gasteiger charge is 2.14. The third-order valence-electron chi connectivity index (χ3n) is 5.40. The summed E-state index contributed by atoms with van der Waals surface area (Å²) >= 11 is 0. The van der Waals surface area contributed by atoms with E-state index >= 15 is 0 Å². The molecule has 0 bridgehead atoms. The summed E-state index contributed by atoms with van der Waals surface area (Å²) in [6.07, 6.45) is 5.56. The highest BCUT2D eigenvalue weighted by atomic mass is 15.2. The van der Waals surface area contributed by atoms with Gasteiger partial charge in [0.2, 0.25) is 0 Å². The molecule has 0 unspecified atom stereocenters. The monoisotopic (exact) mass is 438 g/mol. The molecule has 33 heavy (non-hydrogen) atoms. The fourth-order valence-corrected chi connectivity index (χ4v) is 3.79. The van der Waals surface area contributed by atoms with Gasteiger partial charge in [0.1, 0.15) is 0 Å². The highest BCUT2D eigenvalue weighted by Crippen LogP contribution is 2.11. The van der Waals surface area contributed by atoms with Gasteiger partial charge >= 0.3 is 0 Å². The van der Waals surface area contributed by atoms with Crippen LogP contribution in [0.4, 0.5) is 0 Å². The zero-order valence-corrected chi connectivity index (χ0v) is 19.1. The van der Waals surface area contributed by atoms with Crippen LogP contribution in [0.5, 0.6) is 0 Å². The molecule has 0 saturated carbocycles. The van der Waals surface area contributed by atoms with E-state index in [1.807, 2.05) is 68.0 Å². The van der Waals surface area contributed by atoms with Crippen LogP contribution in [0.3, 0.4) is 0 Å². The molecule has 0 amide bonds. The zero-order valence-electron chi connectivity index (χ0n) is 19.1. The minimum absolute atomic E-state index is 0.775. The van der Waals surface area contributed by atoms with Crippen LogP contribution in [0.1, 0.15) is 28.5 Å². The molecule has 6 heteroatoms. The Balaban J connectivity index is 1.48. The van der Waals surface area contributed by atoms with Gasteiger partial charge in [-0.05, 0) is 55.5 Å². The average Bonchev–Trinajstić information content (AvgIpc) is 2.84. The lowest BCUT2D eigenvalue weighted by atomic mass is 10.2. The van der Waals surface area contributed by atoms with E-state index in [0.717, 1.165) is 67.7 Å². The molecule has 0 N–H and O–H groups in total. The van der Waals surface area contributed by atoms with Crippen molar-refractivity contribution in [3.8, 4) is 0 Å². The van der Waals surface area contributed by atoms with E-state index in [-0.39, 0.29) is 0 Å². The Bertz CT molecular complexity index is 1050. The lowest BCUT2D eigenvalue weighted by Gasteiger charge is -2.27. The maximum atomic E-state index is 4.72. The van der Waals surface area contributed by atoms with Crippen molar-refractivity contribution in [1.82, 2.24) is 29.7 Å². The van der Waals surface area contributed by atoms with Gasteiger partial charge < -0.3 is 0 Å². The lowest BCUT2D eigenvalue weighted by Crippen LogP contribution is -2.35. The maximum absolute atomic E-state index is 4.72. The fraction of sp³-hybridized carbons (Fsp3) is 0.259. The van der Waals surface area contributed by atoms with Gasteiger partial charge in [-0.25, -0.2) is 0 Å². The predicted octanol–water partition coefficient (Wildman–Crippen LogP) is 4.28. The minimum atomic E-state index is 0.775. The summed E-state index contributed by atoms with van der Waals surface area (Å²) in [5, 5.41) is 0. The van der Waals surface area contributed by atoms with Crippen LogP contribution in [0.15, 0.2) is 91.4 Å². The Labute approximate surface area is 196 Å². The number of aromatic nitrogens is 4. The summed E-state index contributed by atoms with van der Waals surface area (Å²) in [5.41, 5.74) is 5.30. The lowest BCUT2D eigenvalue weighted by molar-refractivity contribution is 0.178. The molecule has 0 fully saturated rings. The summed E-state index contributed by atoms with van der Waals surface area (Å²) in [6.45, 7) is 6.90. The summed E-state index contributed by atoms with van der Waals surface area (Å²) in [5.74, 6) is 0.